The first-order valence-corrected chi connectivity index (χ1v) is 18.6. The quantitative estimate of drug-likeness (QED) is 0.271. The largest absolute Gasteiger partial charge is 0.353 e. The third-order valence-corrected chi connectivity index (χ3v) is 13.6. The zero-order valence-electron chi connectivity index (χ0n) is 26.4. The number of carbonyl (C=O) groups is 3. The Labute approximate surface area is 275 Å². The van der Waals surface area contributed by atoms with Crippen LogP contribution < -0.4 is 21.3 Å². The maximum Gasteiger partial charge on any atom is 0.320 e. The molecule has 0 aromatic heterocycles. The van der Waals surface area contributed by atoms with Crippen molar-refractivity contribution in [2.24, 2.45) is 17.8 Å². The average Bonchev–Trinajstić information content (AvgIpc) is 3.81. The van der Waals surface area contributed by atoms with Crippen LogP contribution in [0.5, 0.6) is 0 Å². The molecule has 0 spiro atoms. The second-order valence-corrected chi connectivity index (χ2v) is 16.5. The minimum absolute atomic E-state index is 0.0276. The van der Waals surface area contributed by atoms with Gasteiger partial charge in [0, 0.05) is 77.9 Å². The Morgan fingerprint density at radius 2 is 1.93 bits per heavy atom. The van der Waals surface area contributed by atoms with Crippen LogP contribution in [-0.2, 0) is 9.59 Å². The van der Waals surface area contributed by atoms with Gasteiger partial charge in [-0.3, -0.25) is 19.8 Å². The molecule has 2 bridgehead atoms. The number of piperidine rings is 2. The van der Waals surface area contributed by atoms with Crippen LogP contribution in [0.4, 0.5) is 9.18 Å². The molecule has 250 valence electrons. The van der Waals surface area contributed by atoms with Crippen LogP contribution in [-0.4, -0.2) is 123 Å². The van der Waals surface area contributed by atoms with Crippen molar-refractivity contribution in [3.8, 4) is 0 Å². The Hall–Kier alpha value is -1.60. The monoisotopic (exact) mass is 665 g/mol. The molecule has 10 nitrogen and oxygen atoms in total. The lowest BCUT2D eigenvalue weighted by Gasteiger charge is -2.59. The van der Waals surface area contributed by atoms with Gasteiger partial charge in [0.25, 0.3) is 0 Å². The summed E-state index contributed by atoms with van der Waals surface area (Å²) < 4.78 is 16.0. The lowest BCUT2D eigenvalue weighted by atomic mass is 9.73. The first-order chi connectivity index (χ1) is 21.7. The number of hydrogen-bond donors (Lipinski definition) is 4. The highest BCUT2D eigenvalue weighted by atomic mass is 35.5. The van der Waals surface area contributed by atoms with Crippen molar-refractivity contribution in [1.82, 2.24) is 36.0 Å². The summed E-state index contributed by atoms with van der Waals surface area (Å²) in [6.45, 7) is 10.2. The van der Waals surface area contributed by atoms with E-state index in [0.29, 0.717) is 38.1 Å². The standard InChI is InChI=1S/C32H49ClFN7O3S/c1-4-25(43)39-11-12-40(22-15-21(22)39)30-17-14-18(33)28-26-19(34)6-5-7-20(26)36-24(42)9-13-45-23-8-10-35-27(16(2)3)29(23)41(31(17)37-28)32(44)38-30/h4,16-23,26-31,35,37H,1,5-15H2,2-3H3,(H,36,42)(H,38,44)/t17?,18?,19?,20?,21-,22?,23?,26?,27?,28?,29?,30?,31?/m1/s1. The van der Waals surface area contributed by atoms with Crippen molar-refractivity contribution in [3.63, 3.8) is 0 Å². The van der Waals surface area contributed by atoms with Crippen LogP contribution in [0.3, 0.4) is 0 Å². The van der Waals surface area contributed by atoms with Crippen LogP contribution in [0.15, 0.2) is 12.7 Å². The summed E-state index contributed by atoms with van der Waals surface area (Å²) >= 11 is 9.08. The Bertz CT molecular complexity index is 1180. The highest BCUT2D eigenvalue weighted by Crippen LogP contribution is 2.46. The van der Waals surface area contributed by atoms with Gasteiger partial charge < -0.3 is 25.8 Å². The fourth-order valence-electron chi connectivity index (χ4n) is 9.61. The van der Waals surface area contributed by atoms with E-state index >= 15 is 4.39 Å². The fourth-order valence-corrected chi connectivity index (χ4v) is 11.4. The van der Waals surface area contributed by atoms with Crippen LogP contribution in [0.1, 0.15) is 58.8 Å². The number of piperazine rings is 1. The fraction of sp³-hybridized carbons (Fsp3) is 0.844. The minimum atomic E-state index is -1.09. The maximum atomic E-state index is 16.0. The molecule has 13 atom stereocenters. The molecule has 5 saturated heterocycles. The highest BCUT2D eigenvalue weighted by molar-refractivity contribution is 8.00. The van der Waals surface area contributed by atoms with Crippen molar-refractivity contribution in [1.29, 1.82) is 0 Å². The molecule has 45 heavy (non-hydrogen) atoms. The average molecular weight is 666 g/mol. The number of carbonyl (C=O) groups excluding carboxylic acids is 3. The second-order valence-electron chi connectivity index (χ2n) is 14.6. The molecule has 12 unspecified atom stereocenters. The molecule has 7 rings (SSSR count). The van der Waals surface area contributed by atoms with Crippen LogP contribution in [0, 0.1) is 17.8 Å². The summed E-state index contributed by atoms with van der Waals surface area (Å²) in [6, 6.07) is -0.517. The molecule has 0 radical (unpaired) electrons. The normalized spacial score (nSPS) is 45.4. The Morgan fingerprint density at radius 3 is 2.71 bits per heavy atom. The smallest absolute Gasteiger partial charge is 0.320 e. The molecule has 0 aromatic rings. The van der Waals surface area contributed by atoms with E-state index in [1.807, 2.05) is 4.90 Å². The summed E-state index contributed by atoms with van der Waals surface area (Å²) in [6.07, 6.45) is 4.39. The van der Waals surface area contributed by atoms with Gasteiger partial charge in [0.1, 0.15) is 6.17 Å². The van der Waals surface area contributed by atoms with Crippen molar-refractivity contribution in [2.45, 2.75) is 124 Å². The van der Waals surface area contributed by atoms with Gasteiger partial charge in [-0.25, -0.2) is 9.18 Å². The van der Waals surface area contributed by atoms with Crippen molar-refractivity contribution >= 4 is 41.2 Å². The van der Waals surface area contributed by atoms with E-state index in [2.05, 4.69) is 51.5 Å². The van der Waals surface area contributed by atoms with E-state index < -0.39 is 12.1 Å². The van der Waals surface area contributed by atoms with Crippen molar-refractivity contribution < 1.29 is 18.8 Å². The third-order valence-electron chi connectivity index (χ3n) is 11.7. The van der Waals surface area contributed by atoms with E-state index in [9.17, 15) is 14.4 Å². The van der Waals surface area contributed by atoms with Crippen molar-refractivity contribution in [3.05, 3.63) is 12.7 Å². The molecule has 7 fully saturated rings. The Balaban J connectivity index is 1.26. The molecule has 5 aliphatic heterocycles. The Kier molecular flexibility index (Phi) is 9.08. The number of thioether (sulfide) groups is 1. The Morgan fingerprint density at radius 1 is 1.11 bits per heavy atom. The number of halogens is 2. The van der Waals surface area contributed by atoms with Crippen LogP contribution >= 0.6 is 23.4 Å². The number of urea groups is 1. The number of hydrogen-bond acceptors (Lipinski definition) is 7. The van der Waals surface area contributed by atoms with Gasteiger partial charge in [0.15, 0.2) is 0 Å². The zero-order chi connectivity index (χ0) is 31.6. The molecule has 4 N–H and O–H groups in total. The van der Waals surface area contributed by atoms with E-state index in [0.717, 1.165) is 32.2 Å². The van der Waals surface area contributed by atoms with E-state index in [1.54, 1.807) is 11.8 Å². The number of rotatable bonds is 3. The molecular formula is C32H49ClFN7O3S. The van der Waals surface area contributed by atoms with Gasteiger partial charge in [-0.15, -0.1) is 11.6 Å². The van der Waals surface area contributed by atoms with Gasteiger partial charge in [-0.05, 0) is 57.1 Å². The molecule has 2 saturated carbocycles. The number of nitrogens with one attached hydrogen (secondary N) is 4. The van der Waals surface area contributed by atoms with Gasteiger partial charge >= 0.3 is 6.03 Å². The van der Waals surface area contributed by atoms with Gasteiger partial charge in [0.2, 0.25) is 11.8 Å². The molecule has 13 heteroatoms. The summed E-state index contributed by atoms with van der Waals surface area (Å²) in [5, 5.41) is 14.0. The number of alkyl halides is 2. The predicted octanol–water partition coefficient (Wildman–Crippen LogP) is 2.24. The maximum absolute atomic E-state index is 16.0. The number of nitrogens with zero attached hydrogens (tertiary/aromatic N) is 3. The summed E-state index contributed by atoms with van der Waals surface area (Å²) in [5.41, 5.74) is 0. The molecule has 0 aromatic carbocycles. The topological polar surface area (TPSA) is 109 Å². The summed E-state index contributed by atoms with van der Waals surface area (Å²) in [4.78, 5) is 46.6. The zero-order valence-corrected chi connectivity index (χ0v) is 27.9. The van der Waals surface area contributed by atoms with E-state index in [1.165, 1.54) is 6.08 Å². The van der Waals surface area contributed by atoms with Crippen molar-refractivity contribution in [2.75, 3.05) is 25.4 Å². The molecule has 2 aliphatic carbocycles. The molecule has 4 amide bonds. The van der Waals surface area contributed by atoms with Crippen LogP contribution in [0.2, 0.25) is 0 Å². The first kappa shape index (κ1) is 32.0. The predicted molar refractivity (Wildman–Crippen MR) is 173 cm³/mol. The third kappa shape index (κ3) is 5.78. The molecular weight excluding hydrogens is 617 g/mol. The first-order valence-electron chi connectivity index (χ1n) is 17.1. The van der Waals surface area contributed by atoms with E-state index in [-0.39, 0.29) is 88.9 Å². The van der Waals surface area contributed by atoms with Gasteiger partial charge in [0.05, 0.1) is 18.4 Å². The van der Waals surface area contributed by atoms with Gasteiger partial charge in [-0.1, -0.05) is 20.4 Å². The minimum Gasteiger partial charge on any atom is -0.353 e. The lowest BCUT2D eigenvalue weighted by Crippen LogP contribution is -2.80. The van der Waals surface area contributed by atoms with Gasteiger partial charge in [-0.2, -0.15) is 11.8 Å². The highest BCUT2D eigenvalue weighted by Gasteiger charge is 2.60. The lowest BCUT2D eigenvalue weighted by molar-refractivity contribution is -0.129. The number of fused-ring (bicyclic) bond motifs is 6. The SMILES string of the molecule is C=CC(=O)N1CCN(C2NC(=O)N3C4NC(C(Cl)CC24)C2C(F)CCCC2NC(=O)CCSC2CCNC(C(C)C)C23)C2C[C@H]21. The second kappa shape index (κ2) is 12.8. The van der Waals surface area contributed by atoms with Crippen LogP contribution in [0.25, 0.3) is 0 Å². The van der Waals surface area contributed by atoms with E-state index in [4.69, 9.17) is 11.6 Å². The molecule has 5 heterocycles. The summed E-state index contributed by atoms with van der Waals surface area (Å²) in [7, 11) is 0. The number of amides is 4. The molecule has 7 aliphatic rings. The summed E-state index contributed by atoms with van der Waals surface area (Å²) in [5.74, 6) is 0.369.